The van der Waals surface area contributed by atoms with Crippen molar-refractivity contribution >= 4 is 11.6 Å². The van der Waals surface area contributed by atoms with E-state index in [0.717, 1.165) is 19.6 Å². The predicted octanol–water partition coefficient (Wildman–Crippen LogP) is 1.74. The van der Waals surface area contributed by atoms with Crippen molar-refractivity contribution in [3.63, 3.8) is 0 Å². The third kappa shape index (κ3) is 4.74. The first-order valence-corrected chi connectivity index (χ1v) is 7.15. The van der Waals surface area contributed by atoms with E-state index in [2.05, 4.69) is 24.1 Å². The van der Waals surface area contributed by atoms with Gasteiger partial charge in [-0.2, -0.15) is 0 Å². The topological polar surface area (TPSA) is 67.6 Å². The van der Waals surface area contributed by atoms with Gasteiger partial charge in [0.15, 0.2) is 0 Å². The Morgan fingerprint density at radius 3 is 2.60 bits per heavy atom. The van der Waals surface area contributed by atoms with Crippen molar-refractivity contribution in [2.24, 2.45) is 0 Å². The average molecular weight is 279 g/mol. The minimum absolute atomic E-state index is 0.124. The van der Waals surface area contributed by atoms with Crippen molar-refractivity contribution < 1.29 is 9.53 Å². The maximum Gasteiger partial charge on any atom is 0.255 e. The molecule has 0 saturated carbocycles. The lowest BCUT2D eigenvalue weighted by Gasteiger charge is -2.18. The minimum Gasteiger partial charge on any atom is -0.493 e. The number of likely N-dealkylation sites (N-methyl/N-ethyl adjacent to an activating group) is 1. The second-order valence-corrected chi connectivity index (χ2v) is 4.47. The van der Waals surface area contributed by atoms with Crippen molar-refractivity contribution in [3.8, 4) is 5.75 Å². The smallest absolute Gasteiger partial charge is 0.255 e. The molecule has 5 heteroatoms. The van der Waals surface area contributed by atoms with E-state index in [-0.39, 0.29) is 5.91 Å². The third-order valence-electron chi connectivity index (χ3n) is 3.16. The summed E-state index contributed by atoms with van der Waals surface area (Å²) in [6.07, 6.45) is 0. The van der Waals surface area contributed by atoms with Gasteiger partial charge in [0.25, 0.3) is 5.91 Å². The van der Waals surface area contributed by atoms with E-state index in [0.29, 0.717) is 30.2 Å². The molecule has 1 amide bonds. The molecule has 0 bridgehead atoms. The van der Waals surface area contributed by atoms with Crippen LogP contribution < -0.4 is 15.8 Å². The highest BCUT2D eigenvalue weighted by Crippen LogP contribution is 2.21. The van der Waals surface area contributed by atoms with Crippen LogP contribution in [0.25, 0.3) is 0 Å². The number of carbonyl (C=O) groups excluding carboxylic acids is 1. The summed E-state index contributed by atoms with van der Waals surface area (Å²) in [6.45, 7) is 10.0. The molecule has 0 fully saturated rings. The normalized spacial score (nSPS) is 10.6. The fourth-order valence-electron chi connectivity index (χ4n) is 1.96. The number of amides is 1. The van der Waals surface area contributed by atoms with E-state index >= 15 is 0 Å². The summed E-state index contributed by atoms with van der Waals surface area (Å²) >= 11 is 0. The molecule has 0 aromatic heterocycles. The molecule has 1 aromatic rings. The Hall–Kier alpha value is -1.75. The van der Waals surface area contributed by atoms with Crippen LogP contribution >= 0.6 is 0 Å². The maximum atomic E-state index is 12.2. The molecule has 20 heavy (non-hydrogen) atoms. The number of nitrogens with two attached hydrogens (primary N) is 1. The van der Waals surface area contributed by atoms with Crippen molar-refractivity contribution in [2.75, 3.05) is 38.5 Å². The van der Waals surface area contributed by atoms with Crippen LogP contribution in [0, 0.1) is 0 Å². The van der Waals surface area contributed by atoms with Gasteiger partial charge in [-0.3, -0.25) is 4.79 Å². The monoisotopic (exact) mass is 279 g/mol. The number of nitrogens with zero attached hydrogens (tertiary/aromatic N) is 1. The van der Waals surface area contributed by atoms with Crippen LogP contribution in [0.2, 0.25) is 0 Å². The molecule has 0 aliphatic carbocycles. The second-order valence-electron chi connectivity index (χ2n) is 4.47. The van der Waals surface area contributed by atoms with Crippen LogP contribution in [0.4, 0.5) is 5.69 Å². The number of hydrogen-bond acceptors (Lipinski definition) is 4. The molecule has 0 spiro atoms. The Kier molecular flexibility index (Phi) is 6.87. The fraction of sp³-hybridized carbons (Fsp3) is 0.533. The standard InChI is InChI=1S/C15H25N3O2/c1-4-18(5-2)10-9-17-15(19)13-8-7-12(16)11-14(13)20-6-3/h7-8,11H,4-6,9-10,16H2,1-3H3,(H,17,19). The number of nitrogen functional groups attached to an aromatic ring is 1. The molecule has 1 aromatic carbocycles. The van der Waals surface area contributed by atoms with E-state index in [1.807, 2.05) is 6.92 Å². The Morgan fingerprint density at radius 1 is 1.30 bits per heavy atom. The molecule has 0 unspecified atom stereocenters. The first-order valence-electron chi connectivity index (χ1n) is 7.15. The van der Waals surface area contributed by atoms with Gasteiger partial charge in [-0.1, -0.05) is 13.8 Å². The Labute approximate surface area is 121 Å². The number of nitrogens with one attached hydrogen (secondary N) is 1. The van der Waals surface area contributed by atoms with Gasteiger partial charge in [-0.25, -0.2) is 0 Å². The Balaban J connectivity index is 2.63. The van der Waals surface area contributed by atoms with Gasteiger partial charge < -0.3 is 20.7 Å². The quantitative estimate of drug-likeness (QED) is 0.711. The van der Waals surface area contributed by atoms with E-state index in [1.165, 1.54) is 0 Å². The van der Waals surface area contributed by atoms with Crippen molar-refractivity contribution in [1.29, 1.82) is 0 Å². The van der Waals surface area contributed by atoms with Crippen LogP contribution in [0.15, 0.2) is 18.2 Å². The van der Waals surface area contributed by atoms with Gasteiger partial charge in [-0.05, 0) is 32.1 Å². The number of carbonyl (C=O) groups is 1. The van der Waals surface area contributed by atoms with E-state index in [4.69, 9.17) is 10.5 Å². The summed E-state index contributed by atoms with van der Waals surface area (Å²) in [4.78, 5) is 14.4. The Morgan fingerprint density at radius 2 is 2.00 bits per heavy atom. The van der Waals surface area contributed by atoms with Crippen LogP contribution in [-0.2, 0) is 0 Å². The van der Waals surface area contributed by atoms with Crippen LogP contribution in [0.1, 0.15) is 31.1 Å². The van der Waals surface area contributed by atoms with Crippen LogP contribution in [0.5, 0.6) is 5.75 Å². The number of ether oxygens (including phenoxy) is 1. The molecule has 0 saturated heterocycles. The van der Waals surface area contributed by atoms with Gasteiger partial charge in [0, 0.05) is 24.8 Å². The van der Waals surface area contributed by atoms with E-state index < -0.39 is 0 Å². The SMILES string of the molecule is CCOc1cc(N)ccc1C(=O)NCCN(CC)CC. The van der Waals surface area contributed by atoms with Crippen molar-refractivity contribution in [1.82, 2.24) is 10.2 Å². The molecule has 0 aliphatic rings. The predicted molar refractivity (Wildman–Crippen MR) is 82.1 cm³/mol. The van der Waals surface area contributed by atoms with Gasteiger partial charge in [0.05, 0.1) is 12.2 Å². The highest BCUT2D eigenvalue weighted by atomic mass is 16.5. The fourth-order valence-corrected chi connectivity index (χ4v) is 1.96. The zero-order valence-electron chi connectivity index (χ0n) is 12.6. The molecule has 5 nitrogen and oxygen atoms in total. The number of rotatable bonds is 8. The first-order chi connectivity index (χ1) is 9.62. The largest absolute Gasteiger partial charge is 0.493 e. The lowest BCUT2D eigenvalue weighted by molar-refractivity contribution is 0.0945. The second kappa shape index (κ2) is 8.43. The molecule has 0 radical (unpaired) electrons. The number of hydrogen-bond donors (Lipinski definition) is 2. The molecule has 0 aliphatic heterocycles. The summed E-state index contributed by atoms with van der Waals surface area (Å²) in [6, 6.07) is 5.09. The molecular formula is C15H25N3O2. The summed E-state index contributed by atoms with van der Waals surface area (Å²) < 4.78 is 5.46. The molecule has 112 valence electrons. The van der Waals surface area contributed by atoms with Crippen LogP contribution in [0.3, 0.4) is 0 Å². The highest BCUT2D eigenvalue weighted by Gasteiger charge is 2.12. The number of benzene rings is 1. The molecule has 0 atom stereocenters. The summed E-state index contributed by atoms with van der Waals surface area (Å²) in [7, 11) is 0. The highest BCUT2D eigenvalue weighted by molar-refractivity contribution is 5.97. The molecule has 3 N–H and O–H groups in total. The van der Waals surface area contributed by atoms with Gasteiger partial charge >= 0.3 is 0 Å². The summed E-state index contributed by atoms with van der Waals surface area (Å²) in [5, 5.41) is 2.91. The van der Waals surface area contributed by atoms with Gasteiger partial charge in [-0.15, -0.1) is 0 Å². The minimum atomic E-state index is -0.124. The third-order valence-corrected chi connectivity index (χ3v) is 3.16. The zero-order valence-corrected chi connectivity index (χ0v) is 12.6. The van der Waals surface area contributed by atoms with Crippen molar-refractivity contribution in [3.05, 3.63) is 23.8 Å². The lowest BCUT2D eigenvalue weighted by Crippen LogP contribution is -2.34. The lowest BCUT2D eigenvalue weighted by atomic mass is 10.1. The molecular weight excluding hydrogens is 254 g/mol. The van der Waals surface area contributed by atoms with Gasteiger partial charge in [0.1, 0.15) is 5.75 Å². The maximum absolute atomic E-state index is 12.2. The van der Waals surface area contributed by atoms with Crippen LogP contribution in [-0.4, -0.2) is 43.6 Å². The van der Waals surface area contributed by atoms with Gasteiger partial charge in [0.2, 0.25) is 0 Å². The van der Waals surface area contributed by atoms with E-state index in [9.17, 15) is 4.79 Å². The zero-order chi connectivity index (χ0) is 15.0. The summed E-state index contributed by atoms with van der Waals surface area (Å²) in [5.41, 5.74) is 6.83. The first kappa shape index (κ1) is 16.3. The number of anilines is 1. The molecule has 0 heterocycles. The molecule has 1 rings (SSSR count). The van der Waals surface area contributed by atoms with E-state index in [1.54, 1.807) is 18.2 Å². The summed E-state index contributed by atoms with van der Waals surface area (Å²) in [5.74, 6) is 0.411. The van der Waals surface area contributed by atoms with Crippen molar-refractivity contribution in [2.45, 2.75) is 20.8 Å². The Bertz CT molecular complexity index is 431. The average Bonchev–Trinajstić information content (AvgIpc) is 2.44.